The van der Waals surface area contributed by atoms with Crippen LogP contribution in [0.15, 0.2) is 30.6 Å². The highest BCUT2D eigenvalue weighted by molar-refractivity contribution is 5.93. The van der Waals surface area contributed by atoms with Gasteiger partial charge in [0.1, 0.15) is 5.69 Å². The number of piperidine rings is 1. The standard InChI is InChI=1S/C22H29N5O2/c1-15-4-6-18(7-5-15)24-21(28)16-8-11-27(12-9-16)22(29)20-13-19(25-26-20)17-3-2-10-23-14-17/h2-3,10,13-16,18H,4-9,11-12H2,1H3,(H,24,28)(H,25,26)/t15-,18-. The summed E-state index contributed by atoms with van der Waals surface area (Å²) in [6.45, 7) is 3.48. The summed E-state index contributed by atoms with van der Waals surface area (Å²) in [5.74, 6) is 0.884. The zero-order valence-corrected chi connectivity index (χ0v) is 16.9. The number of carbonyl (C=O) groups excluding carboxylic acids is 2. The lowest BCUT2D eigenvalue weighted by atomic mass is 9.86. The van der Waals surface area contributed by atoms with Crippen molar-refractivity contribution in [3.8, 4) is 11.3 Å². The van der Waals surface area contributed by atoms with Crippen molar-refractivity contribution in [2.75, 3.05) is 13.1 Å². The van der Waals surface area contributed by atoms with Gasteiger partial charge in [-0.1, -0.05) is 6.92 Å². The minimum absolute atomic E-state index is 0.00567. The fourth-order valence-corrected chi connectivity index (χ4v) is 4.33. The molecule has 154 valence electrons. The molecule has 3 heterocycles. The minimum atomic E-state index is -0.0623. The van der Waals surface area contributed by atoms with Crippen LogP contribution in [0.25, 0.3) is 11.3 Å². The van der Waals surface area contributed by atoms with E-state index in [1.165, 1.54) is 12.8 Å². The number of amides is 2. The average molecular weight is 396 g/mol. The molecule has 2 aromatic rings. The molecule has 0 aromatic carbocycles. The van der Waals surface area contributed by atoms with E-state index in [-0.39, 0.29) is 17.7 Å². The second-order valence-corrected chi connectivity index (χ2v) is 8.44. The quantitative estimate of drug-likeness (QED) is 0.832. The van der Waals surface area contributed by atoms with E-state index in [0.717, 1.165) is 24.3 Å². The third kappa shape index (κ3) is 4.66. The van der Waals surface area contributed by atoms with E-state index in [1.807, 2.05) is 17.0 Å². The molecule has 2 N–H and O–H groups in total. The third-order valence-corrected chi connectivity index (χ3v) is 6.28. The van der Waals surface area contributed by atoms with Crippen LogP contribution in [0.3, 0.4) is 0 Å². The summed E-state index contributed by atoms with van der Waals surface area (Å²) < 4.78 is 0. The second kappa shape index (κ2) is 8.76. The van der Waals surface area contributed by atoms with E-state index < -0.39 is 0 Å². The van der Waals surface area contributed by atoms with Gasteiger partial charge in [-0.2, -0.15) is 5.10 Å². The van der Waals surface area contributed by atoms with Crippen molar-refractivity contribution in [3.63, 3.8) is 0 Å². The summed E-state index contributed by atoms with van der Waals surface area (Å²) in [4.78, 5) is 31.3. The third-order valence-electron chi connectivity index (χ3n) is 6.28. The van der Waals surface area contributed by atoms with Gasteiger partial charge in [0.15, 0.2) is 0 Å². The van der Waals surface area contributed by atoms with Gasteiger partial charge in [-0.3, -0.25) is 19.7 Å². The van der Waals surface area contributed by atoms with E-state index >= 15 is 0 Å². The molecule has 29 heavy (non-hydrogen) atoms. The second-order valence-electron chi connectivity index (χ2n) is 8.44. The smallest absolute Gasteiger partial charge is 0.271 e. The molecule has 2 aliphatic rings. The number of aromatic nitrogens is 3. The number of nitrogens with one attached hydrogen (secondary N) is 2. The number of hydrogen-bond donors (Lipinski definition) is 2. The summed E-state index contributed by atoms with van der Waals surface area (Å²) in [7, 11) is 0. The first-order valence-corrected chi connectivity index (χ1v) is 10.7. The van der Waals surface area contributed by atoms with Gasteiger partial charge in [-0.25, -0.2) is 0 Å². The van der Waals surface area contributed by atoms with Gasteiger partial charge in [0.2, 0.25) is 5.91 Å². The van der Waals surface area contributed by atoms with Crippen molar-refractivity contribution < 1.29 is 9.59 Å². The largest absolute Gasteiger partial charge is 0.353 e. The summed E-state index contributed by atoms with van der Waals surface area (Å²) in [5, 5.41) is 10.3. The fourth-order valence-electron chi connectivity index (χ4n) is 4.33. The molecule has 0 radical (unpaired) electrons. The minimum Gasteiger partial charge on any atom is -0.353 e. The molecule has 0 atom stereocenters. The Morgan fingerprint density at radius 1 is 1.14 bits per heavy atom. The number of carbonyl (C=O) groups is 2. The first kappa shape index (κ1) is 19.6. The topological polar surface area (TPSA) is 91.0 Å². The van der Waals surface area contributed by atoms with Crippen LogP contribution in [0.2, 0.25) is 0 Å². The lowest BCUT2D eigenvalue weighted by Crippen LogP contribution is -2.46. The Morgan fingerprint density at radius 3 is 2.59 bits per heavy atom. The van der Waals surface area contributed by atoms with Gasteiger partial charge in [-0.15, -0.1) is 0 Å². The van der Waals surface area contributed by atoms with Gasteiger partial charge < -0.3 is 10.2 Å². The highest BCUT2D eigenvalue weighted by Crippen LogP contribution is 2.25. The Hall–Kier alpha value is -2.70. The molecule has 2 aromatic heterocycles. The summed E-state index contributed by atoms with van der Waals surface area (Å²) in [5.41, 5.74) is 2.05. The molecule has 7 heteroatoms. The Bertz CT molecular complexity index is 834. The molecular formula is C22H29N5O2. The van der Waals surface area contributed by atoms with Crippen molar-refractivity contribution in [1.29, 1.82) is 0 Å². The Kier molecular flexibility index (Phi) is 5.92. The molecule has 2 amide bonds. The van der Waals surface area contributed by atoms with E-state index in [1.54, 1.807) is 18.5 Å². The lowest BCUT2D eigenvalue weighted by molar-refractivity contribution is -0.127. The molecule has 7 nitrogen and oxygen atoms in total. The van der Waals surface area contributed by atoms with Crippen LogP contribution in [0.5, 0.6) is 0 Å². The molecule has 1 aliphatic carbocycles. The van der Waals surface area contributed by atoms with E-state index in [9.17, 15) is 9.59 Å². The predicted octanol–water partition coefficient (Wildman–Crippen LogP) is 3.02. The molecule has 0 unspecified atom stereocenters. The molecule has 2 fully saturated rings. The van der Waals surface area contributed by atoms with Gasteiger partial charge in [0, 0.05) is 43.0 Å². The fraction of sp³-hybridized carbons (Fsp3) is 0.545. The van der Waals surface area contributed by atoms with Gasteiger partial charge in [-0.05, 0) is 62.6 Å². The van der Waals surface area contributed by atoms with Crippen molar-refractivity contribution >= 4 is 11.8 Å². The molecule has 0 bridgehead atoms. The lowest BCUT2D eigenvalue weighted by Gasteiger charge is -2.33. The first-order chi connectivity index (χ1) is 14.1. The van der Waals surface area contributed by atoms with Crippen LogP contribution in [0, 0.1) is 11.8 Å². The van der Waals surface area contributed by atoms with Crippen molar-refractivity contribution in [2.24, 2.45) is 11.8 Å². The monoisotopic (exact) mass is 395 g/mol. The average Bonchev–Trinajstić information content (AvgIpc) is 3.26. The number of hydrogen-bond acceptors (Lipinski definition) is 4. The number of rotatable bonds is 4. The maximum Gasteiger partial charge on any atom is 0.271 e. The number of H-pyrrole nitrogens is 1. The van der Waals surface area contributed by atoms with Crippen molar-refractivity contribution in [2.45, 2.75) is 51.5 Å². The number of aromatic amines is 1. The SMILES string of the molecule is C[C@H]1CC[C@H](NC(=O)C2CCN(C(=O)c3cc(-c4cccnc4)n[nH]3)CC2)CC1. The molecular weight excluding hydrogens is 366 g/mol. The maximum absolute atomic E-state index is 12.8. The van der Waals surface area contributed by atoms with Gasteiger partial charge in [0.05, 0.1) is 5.69 Å². The molecule has 0 spiro atoms. The van der Waals surface area contributed by atoms with Crippen LogP contribution in [-0.2, 0) is 4.79 Å². The Morgan fingerprint density at radius 2 is 1.90 bits per heavy atom. The van der Waals surface area contributed by atoms with Crippen LogP contribution in [0.1, 0.15) is 55.9 Å². The van der Waals surface area contributed by atoms with E-state index in [4.69, 9.17) is 0 Å². The zero-order valence-electron chi connectivity index (χ0n) is 16.9. The van der Waals surface area contributed by atoms with Gasteiger partial charge >= 0.3 is 0 Å². The van der Waals surface area contributed by atoms with Crippen molar-refractivity contribution in [1.82, 2.24) is 25.4 Å². The number of likely N-dealkylation sites (tertiary alicyclic amines) is 1. The highest BCUT2D eigenvalue weighted by Gasteiger charge is 2.30. The van der Waals surface area contributed by atoms with E-state index in [2.05, 4.69) is 27.4 Å². The van der Waals surface area contributed by atoms with Crippen LogP contribution >= 0.6 is 0 Å². The predicted molar refractivity (Wildman–Crippen MR) is 110 cm³/mol. The van der Waals surface area contributed by atoms with Crippen LogP contribution in [-0.4, -0.2) is 51.0 Å². The zero-order chi connectivity index (χ0) is 20.2. The first-order valence-electron chi connectivity index (χ1n) is 10.7. The molecule has 1 saturated heterocycles. The van der Waals surface area contributed by atoms with Gasteiger partial charge in [0.25, 0.3) is 5.91 Å². The molecule has 1 aliphatic heterocycles. The number of nitrogens with zero attached hydrogens (tertiary/aromatic N) is 3. The Labute approximate surface area is 171 Å². The number of pyridine rings is 1. The summed E-state index contributed by atoms with van der Waals surface area (Å²) in [6.07, 6.45) is 9.42. The molecule has 4 rings (SSSR count). The van der Waals surface area contributed by atoms with E-state index in [0.29, 0.717) is 43.4 Å². The highest BCUT2D eigenvalue weighted by atomic mass is 16.2. The maximum atomic E-state index is 12.8. The molecule has 1 saturated carbocycles. The summed E-state index contributed by atoms with van der Waals surface area (Å²) in [6, 6.07) is 5.85. The van der Waals surface area contributed by atoms with Crippen LogP contribution in [0.4, 0.5) is 0 Å². The Balaban J connectivity index is 1.28. The normalized spacial score (nSPS) is 23.0. The van der Waals surface area contributed by atoms with Crippen molar-refractivity contribution in [3.05, 3.63) is 36.3 Å². The summed E-state index contributed by atoms with van der Waals surface area (Å²) >= 11 is 0. The van der Waals surface area contributed by atoms with Crippen LogP contribution < -0.4 is 5.32 Å².